The van der Waals surface area contributed by atoms with E-state index in [9.17, 15) is 24.0 Å². The zero-order valence-electron chi connectivity index (χ0n) is 20.4. The summed E-state index contributed by atoms with van der Waals surface area (Å²) in [6.07, 6.45) is -4.77. The van der Waals surface area contributed by atoms with E-state index in [1.54, 1.807) is 24.3 Å². The third-order valence-electron chi connectivity index (χ3n) is 4.79. The van der Waals surface area contributed by atoms with Crippen LogP contribution >= 0.6 is 34.8 Å². The molecule has 37 heavy (non-hydrogen) atoms. The Hall–Kier alpha value is -3.05. The standard InChI is InChI=1S/C22H27IN4O9S/c1-10(28)24-17-19(35-13(4)31)18(34-12(3)30)16(9-33-11(2)29)36-21(17)25-22(37)27-26-20(32)14-5-7-15(23)8-6-14/h5-8,16-19,21H,9H2,1-4H3,(H,24,28)(H,26,32)(H2,25,27,37)/t16-,17-,18-,19-,21-/m1/s1. The summed E-state index contributed by atoms with van der Waals surface area (Å²) in [5, 5.41) is 5.27. The minimum atomic E-state index is -1.25. The summed E-state index contributed by atoms with van der Waals surface area (Å²) < 4.78 is 22.7. The zero-order valence-corrected chi connectivity index (χ0v) is 23.3. The van der Waals surface area contributed by atoms with Crippen molar-refractivity contribution in [2.45, 2.75) is 58.3 Å². The molecule has 1 aliphatic rings. The monoisotopic (exact) mass is 650 g/mol. The lowest BCUT2D eigenvalue weighted by Crippen LogP contribution is -2.70. The number of hydrogen-bond acceptors (Lipinski definition) is 10. The quantitative estimate of drug-likeness (QED) is 0.103. The Kier molecular flexibility index (Phi) is 11.4. The molecule has 1 fully saturated rings. The molecule has 0 unspecified atom stereocenters. The van der Waals surface area contributed by atoms with Crippen molar-refractivity contribution in [3.8, 4) is 0 Å². The summed E-state index contributed by atoms with van der Waals surface area (Å²) in [6.45, 7) is 4.32. The van der Waals surface area contributed by atoms with Crippen LogP contribution in [0.25, 0.3) is 0 Å². The van der Waals surface area contributed by atoms with Crippen LogP contribution in [0.2, 0.25) is 0 Å². The van der Waals surface area contributed by atoms with Crippen molar-refractivity contribution in [2.24, 2.45) is 0 Å². The van der Waals surface area contributed by atoms with Crippen molar-refractivity contribution in [1.29, 1.82) is 0 Å². The molecule has 1 heterocycles. The normalized spacial score (nSPS) is 22.6. The van der Waals surface area contributed by atoms with Crippen molar-refractivity contribution in [3.05, 3.63) is 33.4 Å². The number of benzene rings is 1. The number of ether oxygens (including phenoxy) is 4. The van der Waals surface area contributed by atoms with Crippen molar-refractivity contribution < 1.29 is 42.9 Å². The van der Waals surface area contributed by atoms with Crippen LogP contribution in [0.1, 0.15) is 38.1 Å². The van der Waals surface area contributed by atoms with Gasteiger partial charge in [-0.3, -0.25) is 34.8 Å². The van der Waals surface area contributed by atoms with Crippen LogP contribution in [0.5, 0.6) is 0 Å². The van der Waals surface area contributed by atoms with Gasteiger partial charge in [0, 0.05) is 36.8 Å². The van der Waals surface area contributed by atoms with Crippen LogP contribution in [-0.4, -0.2) is 72.0 Å². The molecule has 0 aliphatic carbocycles. The second-order valence-corrected chi connectivity index (χ2v) is 9.49. The molecule has 0 radical (unpaired) electrons. The summed E-state index contributed by atoms with van der Waals surface area (Å²) in [5.41, 5.74) is 5.34. The van der Waals surface area contributed by atoms with Gasteiger partial charge in [0.25, 0.3) is 5.91 Å². The van der Waals surface area contributed by atoms with Gasteiger partial charge >= 0.3 is 17.9 Å². The van der Waals surface area contributed by atoms with Crippen molar-refractivity contribution in [2.75, 3.05) is 6.61 Å². The Morgan fingerprint density at radius 3 is 2.03 bits per heavy atom. The number of thiocarbonyl (C=S) groups is 1. The van der Waals surface area contributed by atoms with Gasteiger partial charge in [-0.1, -0.05) is 0 Å². The number of amides is 2. The van der Waals surface area contributed by atoms with Crippen LogP contribution in [-0.2, 0) is 38.1 Å². The van der Waals surface area contributed by atoms with Crippen molar-refractivity contribution in [1.82, 2.24) is 21.5 Å². The van der Waals surface area contributed by atoms with E-state index in [1.165, 1.54) is 13.8 Å². The van der Waals surface area contributed by atoms with E-state index in [-0.39, 0.29) is 11.7 Å². The van der Waals surface area contributed by atoms with E-state index < -0.39 is 60.3 Å². The molecule has 202 valence electrons. The highest BCUT2D eigenvalue weighted by Gasteiger charge is 2.51. The fraction of sp³-hybridized carbons (Fsp3) is 0.455. The first-order valence-electron chi connectivity index (χ1n) is 10.9. The van der Waals surface area contributed by atoms with Gasteiger partial charge in [0.1, 0.15) is 18.8 Å². The molecule has 5 atom stereocenters. The first-order valence-corrected chi connectivity index (χ1v) is 12.4. The molecule has 1 saturated heterocycles. The lowest BCUT2D eigenvalue weighted by molar-refractivity contribution is -0.225. The number of rotatable bonds is 7. The number of carbonyl (C=O) groups is 5. The lowest BCUT2D eigenvalue weighted by Gasteiger charge is -2.45. The van der Waals surface area contributed by atoms with Crippen LogP contribution in [0.3, 0.4) is 0 Å². The molecule has 1 aromatic carbocycles. The summed E-state index contributed by atoms with van der Waals surface area (Å²) in [7, 11) is 0. The largest absolute Gasteiger partial charge is 0.463 e. The molecule has 0 saturated carbocycles. The SMILES string of the molecule is CC(=O)N[C@@H]1[C@@H](OC(C)=O)[C@H](OC(C)=O)[C@@H](COC(C)=O)O[C@H]1NC(=S)NNC(=O)c1ccc(I)cc1. The second kappa shape index (κ2) is 14.0. The topological polar surface area (TPSA) is 170 Å². The van der Waals surface area contributed by atoms with Gasteiger partial charge < -0.3 is 29.6 Å². The Labute approximate surface area is 231 Å². The van der Waals surface area contributed by atoms with E-state index in [0.29, 0.717) is 5.56 Å². The molecule has 15 heteroatoms. The summed E-state index contributed by atoms with van der Waals surface area (Å²) in [6, 6.07) is 5.68. The first-order chi connectivity index (χ1) is 17.4. The maximum absolute atomic E-state index is 12.4. The van der Waals surface area contributed by atoms with Crippen LogP contribution in [0.15, 0.2) is 24.3 Å². The maximum atomic E-state index is 12.4. The predicted molar refractivity (Wildman–Crippen MR) is 140 cm³/mol. The number of hydrazine groups is 1. The molecule has 2 amide bonds. The molecular formula is C22H27IN4O9S. The number of nitrogens with one attached hydrogen (secondary N) is 4. The second-order valence-electron chi connectivity index (χ2n) is 7.83. The third kappa shape index (κ3) is 9.73. The van der Waals surface area contributed by atoms with Crippen LogP contribution in [0, 0.1) is 3.57 Å². The van der Waals surface area contributed by atoms with Gasteiger partial charge in [-0.15, -0.1) is 0 Å². The number of halogens is 1. The molecular weight excluding hydrogens is 623 g/mol. The molecule has 0 spiro atoms. The molecule has 0 aromatic heterocycles. The van der Waals surface area contributed by atoms with Crippen molar-refractivity contribution in [3.63, 3.8) is 0 Å². The summed E-state index contributed by atoms with van der Waals surface area (Å²) in [5.74, 6) is -3.05. The molecule has 1 aliphatic heterocycles. The van der Waals surface area contributed by atoms with Gasteiger partial charge in [-0.2, -0.15) is 0 Å². The highest BCUT2D eigenvalue weighted by atomic mass is 127. The first kappa shape index (κ1) is 30.2. The lowest BCUT2D eigenvalue weighted by atomic mass is 9.95. The van der Waals surface area contributed by atoms with E-state index >= 15 is 0 Å². The Morgan fingerprint density at radius 1 is 0.892 bits per heavy atom. The van der Waals surface area contributed by atoms with E-state index in [0.717, 1.165) is 17.4 Å². The number of carbonyl (C=O) groups excluding carboxylic acids is 5. The predicted octanol–water partition coefficient (Wildman–Crippen LogP) is 0.0562. The maximum Gasteiger partial charge on any atom is 0.303 e. The molecule has 1 aromatic rings. The van der Waals surface area contributed by atoms with Gasteiger partial charge in [0.05, 0.1) is 0 Å². The van der Waals surface area contributed by atoms with E-state index in [2.05, 4.69) is 44.1 Å². The van der Waals surface area contributed by atoms with E-state index in [1.807, 2.05) is 0 Å². The van der Waals surface area contributed by atoms with Crippen LogP contribution in [0.4, 0.5) is 0 Å². The minimum Gasteiger partial charge on any atom is -0.463 e. The average Bonchev–Trinajstić information content (AvgIpc) is 2.79. The van der Waals surface area contributed by atoms with Gasteiger partial charge in [-0.25, -0.2) is 0 Å². The van der Waals surface area contributed by atoms with Crippen LogP contribution < -0.4 is 21.5 Å². The highest BCUT2D eigenvalue weighted by Crippen LogP contribution is 2.26. The van der Waals surface area contributed by atoms with E-state index in [4.69, 9.17) is 31.2 Å². The summed E-state index contributed by atoms with van der Waals surface area (Å²) in [4.78, 5) is 59.5. The molecule has 13 nitrogen and oxygen atoms in total. The Balaban J connectivity index is 2.25. The zero-order chi connectivity index (χ0) is 27.7. The average molecular weight is 650 g/mol. The number of esters is 3. The smallest absolute Gasteiger partial charge is 0.303 e. The Bertz CT molecular complexity index is 1040. The molecule has 0 bridgehead atoms. The number of hydrogen-bond donors (Lipinski definition) is 4. The Morgan fingerprint density at radius 2 is 1.49 bits per heavy atom. The fourth-order valence-electron chi connectivity index (χ4n) is 3.41. The third-order valence-corrected chi connectivity index (χ3v) is 5.73. The molecule has 2 rings (SSSR count). The fourth-order valence-corrected chi connectivity index (χ4v) is 3.93. The molecule has 4 N–H and O–H groups in total. The summed E-state index contributed by atoms with van der Waals surface area (Å²) >= 11 is 7.36. The van der Waals surface area contributed by atoms with Gasteiger partial charge in [0.15, 0.2) is 23.5 Å². The minimum absolute atomic E-state index is 0.113. The highest BCUT2D eigenvalue weighted by molar-refractivity contribution is 14.1. The van der Waals surface area contributed by atoms with Gasteiger partial charge in [0.2, 0.25) is 5.91 Å². The van der Waals surface area contributed by atoms with Crippen molar-refractivity contribution >= 4 is 69.6 Å². The van der Waals surface area contributed by atoms with Gasteiger partial charge in [-0.05, 0) is 59.1 Å².